The van der Waals surface area contributed by atoms with Crippen LogP contribution < -0.4 is 5.73 Å². The lowest BCUT2D eigenvalue weighted by Crippen LogP contribution is -2.39. The number of rotatable bonds is 7. The molecule has 0 aliphatic carbocycles. The van der Waals surface area contributed by atoms with E-state index in [2.05, 4.69) is 15.0 Å². The molecule has 0 radical (unpaired) electrons. The van der Waals surface area contributed by atoms with Crippen LogP contribution in [-0.2, 0) is 11.3 Å². The molecular formula is C17H26N6O3. The Morgan fingerprint density at radius 3 is 2.85 bits per heavy atom. The molecule has 9 heteroatoms. The van der Waals surface area contributed by atoms with Crippen LogP contribution in [0.3, 0.4) is 0 Å². The summed E-state index contributed by atoms with van der Waals surface area (Å²) in [5.41, 5.74) is 7.11. The van der Waals surface area contributed by atoms with Gasteiger partial charge in [-0.3, -0.25) is 0 Å². The minimum Gasteiger partial charge on any atom is -0.449 e. The molecule has 0 spiro atoms. The van der Waals surface area contributed by atoms with Crippen LogP contribution in [0.25, 0.3) is 11.2 Å². The van der Waals surface area contributed by atoms with Gasteiger partial charge in [0.25, 0.3) is 0 Å². The topological polar surface area (TPSA) is 119 Å². The summed E-state index contributed by atoms with van der Waals surface area (Å²) in [6.45, 7) is 2.79. The molecule has 3 heterocycles. The first-order valence-electron chi connectivity index (χ1n) is 9.13. The molecular weight excluding hydrogens is 336 g/mol. The number of aliphatic hydroxyl groups is 1. The summed E-state index contributed by atoms with van der Waals surface area (Å²) >= 11 is 0. The molecule has 1 aliphatic heterocycles. The summed E-state index contributed by atoms with van der Waals surface area (Å²) < 4.78 is 7.30. The number of nitrogens with two attached hydrogens (primary N) is 1. The van der Waals surface area contributed by atoms with Crippen molar-refractivity contribution in [3.63, 3.8) is 0 Å². The summed E-state index contributed by atoms with van der Waals surface area (Å²) in [6.07, 6.45) is 7.22. The zero-order valence-corrected chi connectivity index (χ0v) is 14.9. The van der Waals surface area contributed by atoms with Crippen LogP contribution >= 0.6 is 0 Å². The highest BCUT2D eigenvalue weighted by Gasteiger charge is 2.23. The van der Waals surface area contributed by atoms with Crippen LogP contribution in [0.4, 0.5) is 10.6 Å². The van der Waals surface area contributed by atoms with Crippen molar-refractivity contribution in [3.05, 3.63) is 12.7 Å². The number of hydrogen-bond acceptors (Lipinski definition) is 7. The van der Waals surface area contributed by atoms with E-state index >= 15 is 0 Å². The van der Waals surface area contributed by atoms with Crippen molar-refractivity contribution in [1.82, 2.24) is 24.4 Å². The number of likely N-dealkylation sites (tertiary alicyclic amines) is 1. The molecule has 0 aromatic carbocycles. The SMILES string of the molecule is Nc1ncnc2c1ncn2CCCCOC(=O)N1CCC(CCO)CC1. The quantitative estimate of drug-likeness (QED) is 0.715. The Hall–Kier alpha value is -2.42. The van der Waals surface area contributed by atoms with E-state index < -0.39 is 0 Å². The van der Waals surface area contributed by atoms with Gasteiger partial charge in [-0.1, -0.05) is 0 Å². The molecule has 1 saturated heterocycles. The van der Waals surface area contributed by atoms with Gasteiger partial charge in [0.1, 0.15) is 11.8 Å². The Balaban J connectivity index is 1.35. The third kappa shape index (κ3) is 4.40. The van der Waals surface area contributed by atoms with E-state index in [1.165, 1.54) is 6.33 Å². The fraction of sp³-hybridized carbons (Fsp3) is 0.647. The number of ether oxygens (including phenoxy) is 1. The molecule has 0 unspecified atom stereocenters. The van der Waals surface area contributed by atoms with Gasteiger partial charge in [0.2, 0.25) is 0 Å². The lowest BCUT2D eigenvalue weighted by Gasteiger charge is -2.31. The molecule has 3 N–H and O–H groups in total. The number of hydrogen-bond donors (Lipinski definition) is 2. The van der Waals surface area contributed by atoms with Gasteiger partial charge in [0.15, 0.2) is 11.5 Å². The van der Waals surface area contributed by atoms with Crippen LogP contribution in [0.15, 0.2) is 12.7 Å². The van der Waals surface area contributed by atoms with Crippen molar-refractivity contribution in [2.24, 2.45) is 5.92 Å². The van der Waals surface area contributed by atoms with E-state index in [1.807, 2.05) is 4.57 Å². The Morgan fingerprint density at radius 2 is 2.08 bits per heavy atom. The highest BCUT2D eigenvalue weighted by Crippen LogP contribution is 2.20. The van der Waals surface area contributed by atoms with Crippen LogP contribution in [0.5, 0.6) is 0 Å². The zero-order valence-electron chi connectivity index (χ0n) is 14.9. The summed E-state index contributed by atoms with van der Waals surface area (Å²) in [5.74, 6) is 0.900. The normalized spacial score (nSPS) is 15.5. The van der Waals surface area contributed by atoms with E-state index in [1.54, 1.807) is 11.2 Å². The molecule has 1 amide bonds. The van der Waals surface area contributed by atoms with Crippen LogP contribution in [-0.4, -0.2) is 61.9 Å². The second-order valence-electron chi connectivity index (χ2n) is 6.63. The number of unbranched alkanes of at least 4 members (excludes halogenated alkanes) is 1. The fourth-order valence-corrected chi connectivity index (χ4v) is 3.28. The average molecular weight is 362 g/mol. The number of anilines is 1. The molecule has 2 aromatic heterocycles. The van der Waals surface area contributed by atoms with E-state index in [0.717, 1.165) is 44.3 Å². The molecule has 1 fully saturated rings. The van der Waals surface area contributed by atoms with E-state index in [-0.39, 0.29) is 12.7 Å². The number of imidazole rings is 1. The monoisotopic (exact) mass is 362 g/mol. The highest BCUT2D eigenvalue weighted by atomic mass is 16.6. The second-order valence-corrected chi connectivity index (χ2v) is 6.63. The van der Waals surface area contributed by atoms with Crippen molar-refractivity contribution in [3.8, 4) is 0 Å². The molecule has 0 atom stereocenters. The van der Waals surface area contributed by atoms with E-state index in [9.17, 15) is 4.79 Å². The zero-order chi connectivity index (χ0) is 18.4. The summed E-state index contributed by atoms with van der Waals surface area (Å²) in [5, 5.41) is 8.98. The van der Waals surface area contributed by atoms with Crippen LogP contribution in [0.1, 0.15) is 32.1 Å². The third-order valence-corrected chi connectivity index (χ3v) is 4.86. The van der Waals surface area contributed by atoms with Crippen molar-refractivity contribution in [1.29, 1.82) is 0 Å². The smallest absolute Gasteiger partial charge is 0.409 e. The fourth-order valence-electron chi connectivity index (χ4n) is 3.28. The first-order valence-corrected chi connectivity index (χ1v) is 9.13. The standard InChI is InChI=1S/C17H26N6O3/c18-15-14-16(20-11-19-15)23(12-21-14)6-1-2-10-26-17(25)22-7-3-13(4-8-22)5-9-24/h11-13,24H,1-10H2,(H2,18,19,20). The van der Waals surface area contributed by atoms with Crippen molar-refractivity contribution in [2.75, 3.05) is 32.0 Å². The number of carbonyl (C=O) groups is 1. The third-order valence-electron chi connectivity index (χ3n) is 4.86. The highest BCUT2D eigenvalue weighted by molar-refractivity contribution is 5.81. The summed E-state index contributed by atoms with van der Waals surface area (Å²) in [4.78, 5) is 26.2. The number of fused-ring (bicyclic) bond motifs is 1. The number of aliphatic hydroxyl groups excluding tert-OH is 1. The number of carbonyl (C=O) groups excluding carboxylic acids is 1. The van der Waals surface area contributed by atoms with Gasteiger partial charge in [-0.2, -0.15) is 0 Å². The molecule has 0 saturated carbocycles. The van der Waals surface area contributed by atoms with Gasteiger partial charge in [0.05, 0.1) is 12.9 Å². The van der Waals surface area contributed by atoms with Gasteiger partial charge < -0.3 is 25.0 Å². The van der Waals surface area contributed by atoms with Gasteiger partial charge >= 0.3 is 6.09 Å². The number of piperidine rings is 1. The van der Waals surface area contributed by atoms with E-state index in [4.69, 9.17) is 15.6 Å². The predicted molar refractivity (Wildman–Crippen MR) is 96.3 cm³/mol. The maximum Gasteiger partial charge on any atom is 0.409 e. The molecule has 142 valence electrons. The first kappa shape index (κ1) is 18.4. The Labute approximate surface area is 152 Å². The Kier molecular flexibility index (Phi) is 6.21. The maximum atomic E-state index is 12.1. The van der Waals surface area contributed by atoms with Gasteiger partial charge in [0, 0.05) is 26.2 Å². The summed E-state index contributed by atoms with van der Waals surface area (Å²) in [7, 11) is 0. The minimum atomic E-state index is -0.235. The van der Waals surface area contributed by atoms with Crippen LogP contribution in [0.2, 0.25) is 0 Å². The number of nitrogen functional groups attached to an aromatic ring is 1. The molecule has 0 bridgehead atoms. The van der Waals surface area contributed by atoms with Gasteiger partial charge in [-0.15, -0.1) is 0 Å². The van der Waals surface area contributed by atoms with Gasteiger partial charge in [-0.05, 0) is 38.0 Å². The average Bonchev–Trinajstić information content (AvgIpc) is 3.07. The number of aromatic nitrogens is 4. The summed E-state index contributed by atoms with van der Waals surface area (Å²) in [6, 6.07) is 0. The lowest BCUT2D eigenvalue weighted by molar-refractivity contribution is 0.0832. The molecule has 3 rings (SSSR count). The number of amides is 1. The largest absolute Gasteiger partial charge is 0.449 e. The minimum absolute atomic E-state index is 0.222. The number of aryl methyl sites for hydroxylation is 1. The molecule has 9 nitrogen and oxygen atoms in total. The molecule has 2 aromatic rings. The second kappa shape index (κ2) is 8.79. The van der Waals surface area contributed by atoms with Gasteiger partial charge in [-0.25, -0.2) is 19.7 Å². The van der Waals surface area contributed by atoms with Crippen molar-refractivity contribution < 1.29 is 14.6 Å². The number of nitrogens with zero attached hydrogens (tertiary/aromatic N) is 5. The Bertz CT molecular complexity index is 726. The maximum absolute atomic E-state index is 12.1. The van der Waals surface area contributed by atoms with Crippen molar-refractivity contribution in [2.45, 2.75) is 38.6 Å². The lowest BCUT2D eigenvalue weighted by atomic mass is 9.94. The molecule has 26 heavy (non-hydrogen) atoms. The van der Waals surface area contributed by atoms with E-state index in [0.29, 0.717) is 36.9 Å². The Morgan fingerprint density at radius 1 is 1.27 bits per heavy atom. The molecule has 1 aliphatic rings. The van der Waals surface area contributed by atoms with Crippen LogP contribution in [0, 0.1) is 5.92 Å². The first-order chi connectivity index (χ1) is 12.7. The van der Waals surface area contributed by atoms with Crippen molar-refractivity contribution >= 4 is 23.1 Å². The predicted octanol–water partition coefficient (Wildman–Crippen LogP) is 1.42.